The number of amides is 1. The predicted molar refractivity (Wildman–Crippen MR) is 173 cm³/mol. The van der Waals surface area contributed by atoms with Crippen LogP contribution in [0.3, 0.4) is 0 Å². The Labute approximate surface area is 267 Å². The van der Waals surface area contributed by atoms with Crippen molar-refractivity contribution in [1.29, 1.82) is 0 Å². The van der Waals surface area contributed by atoms with Gasteiger partial charge in [-0.1, -0.05) is 0 Å². The first kappa shape index (κ1) is 31.8. The molecule has 0 atom stereocenters. The molecular weight excluding hydrogens is 618 g/mol. The van der Waals surface area contributed by atoms with Crippen molar-refractivity contribution in [2.24, 2.45) is 7.05 Å². The molecule has 3 aromatic heterocycles. The van der Waals surface area contributed by atoms with Crippen LogP contribution in [0.4, 0.5) is 0 Å². The van der Waals surface area contributed by atoms with Crippen molar-refractivity contribution in [3.63, 3.8) is 0 Å². The van der Waals surface area contributed by atoms with E-state index in [1.807, 2.05) is 49.6 Å². The van der Waals surface area contributed by atoms with Gasteiger partial charge in [0.25, 0.3) is 5.91 Å². The van der Waals surface area contributed by atoms with Crippen molar-refractivity contribution >= 4 is 60.5 Å². The first-order chi connectivity index (χ1) is 21.6. The molecule has 0 saturated heterocycles. The highest BCUT2D eigenvalue weighted by molar-refractivity contribution is 7.21. The molecule has 1 N–H and O–H groups in total. The van der Waals surface area contributed by atoms with Gasteiger partial charge in [0.1, 0.15) is 0 Å². The lowest BCUT2D eigenvalue weighted by atomic mass is 10.1. The molecular formula is C32H33N3O8S2. The van der Waals surface area contributed by atoms with Gasteiger partial charge < -0.3 is 29.0 Å². The summed E-state index contributed by atoms with van der Waals surface area (Å²) in [5, 5.41) is 14.9. The number of aryl methyl sites for hydroxylation is 1. The average molecular weight is 652 g/mol. The largest absolute Gasteiger partial charge is 0.493 e. The number of rotatable bonds is 15. The third-order valence-corrected chi connectivity index (χ3v) is 9.20. The highest BCUT2D eigenvalue weighted by Crippen LogP contribution is 2.38. The molecule has 5 rings (SSSR count). The van der Waals surface area contributed by atoms with Crippen LogP contribution < -0.4 is 18.9 Å². The SMILES string of the molecule is COc1cc2cc(C(=O)CCC(=O)O)sc2cc1OCCCOc1cc2sc(C(=O)N(C)Cc3ccn(C)n3)cc2cc1OC. The van der Waals surface area contributed by atoms with Gasteiger partial charge in [0.05, 0.1) is 55.8 Å². The molecule has 45 heavy (non-hydrogen) atoms. The minimum Gasteiger partial charge on any atom is -0.493 e. The second-order valence-electron chi connectivity index (χ2n) is 10.3. The Morgan fingerprint density at radius 3 is 1.96 bits per heavy atom. The number of benzene rings is 2. The van der Waals surface area contributed by atoms with Crippen LogP contribution in [-0.4, -0.2) is 71.9 Å². The number of aliphatic carboxylic acids is 1. The molecule has 5 aromatic rings. The van der Waals surface area contributed by atoms with Crippen molar-refractivity contribution in [2.45, 2.75) is 25.8 Å². The number of fused-ring (bicyclic) bond motifs is 2. The zero-order chi connectivity index (χ0) is 32.1. The highest BCUT2D eigenvalue weighted by Gasteiger charge is 2.19. The summed E-state index contributed by atoms with van der Waals surface area (Å²) in [7, 11) is 6.73. The molecule has 0 saturated carbocycles. The standard InChI is InChI=1S/C32H33N3O8S2/c1-34(18-21-8-9-35(2)33-21)32(39)30-15-20-13-24(41-4)26(17-28(20)45-30)43-11-5-10-42-25-16-27-19(12-23(25)40-3)14-29(44-27)22(36)6-7-31(37)38/h8-9,12-17H,5-7,10-11,18H2,1-4H3,(H,37,38). The van der Waals surface area contributed by atoms with Crippen molar-refractivity contribution in [3.8, 4) is 23.0 Å². The molecule has 11 nitrogen and oxygen atoms in total. The molecule has 1 amide bonds. The molecule has 0 aliphatic rings. The second-order valence-corrected chi connectivity index (χ2v) is 12.5. The Balaban J connectivity index is 1.19. The van der Waals surface area contributed by atoms with E-state index in [9.17, 15) is 14.4 Å². The third-order valence-electron chi connectivity index (χ3n) is 6.98. The van der Waals surface area contributed by atoms with Crippen molar-refractivity contribution in [2.75, 3.05) is 34.5 Å². The van der Waals surface area contributed by atoms with E-state index < -0.39 is 5.97 Å². The van der Waals surface area contributed by atoms with Crippen LogP contribution >= 0.6 is 22.7 Å². The van der Waals surface area contributed by atoms with Crippen LogP contribution in [0.2, 0.25) is 0 Å². The fourth-order valence-corrected chi connectivity index (χ4v) is 6.81. The van der Waals surface area contributed by atoms with Gasteiger partial charge in [-0.05, 0) is 41.1 Å². The van der Waals surface area contributed by atoms with Crippen LogP contribution in [0.15, 0.2) is 48.7 Å². The van der Waals surface area contributed by atoms with Gasteiger partial charge in [-0.25, -0.2) is 0 Å². The molecule has 0 aliphatic carbocycles. The molecule has 13 heteroatoms. The number of carboxylic acids is 1. The Morgan fingerprint density at radius 1 is 0.844 bits per heavy atom. The maximum absolute atomic E-state index is 13.1. The van der Waals surface area contributed by atoms with Gasteiger partial charge >= 0.3 is 5.97 Å². The minimum absolute atomic E-state index is 0.0455. The average Bonchev–Trinajstić information content (AvgIpc) is 3.75. The molecule has 0 radical (unpaired) electrons. The quantitative estimate of drug-likeness (QED) is 0.106. The summed E-state index contributed by atoms with van der Waals surface area (Å²) in [6, 6.07) is 12.9. The van der Waals surface area contributed by atoms with Crippen molar-refractivity contribution in [1.82, 2.24) is 14.7 Å². The summed E-state index contributed by atoms with van der Waals surface area (Å²) in [6.07, 6.45) is 2.17. The Hall–Kier alpha value is -4.62. The number of ketones is 1. The summed E-state index contributed by atoms with van der Waals surface area (Å²) in [5.74, 6) is 0.928. The molecule has 2 aromatic carbocycles. The molecule has 0 aliphatic heterocycles. The first-order valence-electron chi connectivity index (χ1n) is 14.1. The normalized spacial score (nSPS) is 11.1. The van der Waals surface area contributed by atoms with Crippen molar-refractivity contribution < 1.29 is 38.4 Å². The third kappa shape index (κ3) is 7.55. The number of thiophene rings is 2. The van der Waals surface area contributed by atoms with Gasteiger partial charge in [0.15, 0.2) is 28.8 Å². The fraction of sp³-hybridized carbons (Fsp3) is 0.312. The summed E-state index contributed by atoms with van der Waals surface area (Å²) in [5.41, 5.74) is 0.817. The summed E-state index contributed by atoms with van der Waals surface area (Å²) < 4.78 is 26.6. The van der Waals surface area contributed by atoms with Crippen LogP contribution in [0, 0.1) is 0 Å². The van der Waals surface area contributed by atoms with E-state index in [2.05, 4.69) is 5.10 Å². The number of hydrogen-bond acceptors (Lipinski definition) is 10. The zero-order valence-electron chi connectivity index (χ0n) is 25.3. The van der Waals surface area contributed by atoms with E-state index in [1.165, 1.54) is 22.7 Å². The van der Waals surface area contributed by atoms with E-state index >= 15 is 0 Å². The van der Waals surface area contributed by atoms with Gasteiger partial charge in [-0.2, -0.15) is 5.10 Å². The molecule has 0 spiro atoms. The smallest absolute Gasteiger partial charge is 0.303 e. The number of methoxy groups -OCH3 is 2. The molecule has 236 valence electrons. The number of aromatic nitrogens is 2. The number of carbonyl (C=O) groups is 3. The van der Waals surface area contributed by atoms with Gasteiger partial charge in [-0.15, -0.1) is 22.7 Å². The van der Waals surface area contributed by atoms with Crippen LogP contribution in [0.5, 0.6) is 23.0 Å². The van der Waals surface area contributed by atoms with Crippen LogP contribution in [-0.2, 0) is 18.4 Å². The lowest BCUT2D eigenvalue weighted by Crippen LogP contribution is -2.25. The van der Waals surface area contributed by atoms with Crippen LogP contribution in [0.25, 0.3) is 20.2 Å². The first-order valence-corrected chi connectivity index (χ1v) is 15.8. The fourth-order valence-electron chi connectivity index (χ4n) is 4.70. The second kappa shape index (κ2) is 14.0. The number of Topliss-reactive ketones (excluding diaryl/α,β-unsaturated/α-hetero) is 1. The summed E-state index contributed by atoms with van der Waals surface area (Å²) >= 11 is 2.70. The zero-order valence-corrected chi connectivity index (χ0v) is 27.0. The number of nitrogens with zero attached hydrogens (tertiary/aromatic N) is 3. The number of carbonyl (C=O) groups excluding carboxylic acids is 2. The lowest BCUT2D eigenvalue weighted by Gasteiger charge is -2.14. The molecule has 0 bridgehead atoms. The van der Waals surface area contributed by atoms with E-state index in [4.69, 9.17) is 24.1 Å². The maximum Gasteiger partial charge on any atom is 0.303 e. The van der Waals surface area contributed by atoms with Gasteiger partial charge in [0.2, 0.25) is 0 Å². The number of hydrogen-bond donors (Lipinski definition) is 1. The topological polar surface area (TPSA) is 129 Å². The minimum atomic E-state index is -1.00. The van der Waals surface area contributed by atoms with Gasteiger partial charge in [0, 0.05) is 54.7 Å². The maximum atomic E-state index is 13.1. The van der Waals surface area contributed by atoms with E-state index in [1.54, 1.807) is 36.9 Å². The summed E-state index contributed by atoms with van der Waals surface area (Å²) in [6.45, 7) is 1.12. The Bertz CT molecular complexity index is 1860. The number of ether oxygens (including phenoxy) is 4. The lowest BCUT2D eigenvalue weighted by molar-refractivity contribution is -0.136. The van der Waals surface area contributed by atoms with Gasteiger partial charge in [-0.3, -0.25) is 19.1 Å². The molecule has 3 heterocycles. The van der Waals surface area contributed by atoms with E-state index in [0.717, 1.165) is 25.9 Å². The van der Waals surface area contributed by atoms with Crippen molar-refractivity contribution in [3.05, 3.63) is 64.1 Å². The van der Waals surface area contributed by atoms with E-state index in [-0.39, 0.29) is 24.5 Å². The summed E-state index contributed by atoms with van der Waals surface area (Å²) in [4.78, 5) is 39.1. The predicted octanol–water partition coefficient (Wildman–Crippen LogP) is 6.03. The Kier molecular flexibility index (Phi) is 9.89. The monoisotopic (exact) mass is 651 g/mol. The van der Waals surface area contributed by atoms with Crippen LogP contribution in [0.1, 0.15) is 44.3 Å². The molecule has 0 fully saturated rings. The highest BCUT2D eigenvalue weighted by atomic mass is 32.1. The number of carboxylic acid groups (broad SMARTS) is 1. The molecule has 0 unspecified atom stereocenters. The Morgan fingerprint density at radius 2 is 1.42 bits per heavy atom. The van der Waals surface area contributed by atoms with E-state index in [0.29, 0.717) is 58.9 Å².